The quantitative estimate of drug-likeness (QED) is 0.604. The molecule has 24 heavy (non-hydrogen) atoms. The van der Waals surface area contributed by atoms with Gasteiger partial charge in [0.15, 0.2) is 17.2 Å². The summed E-state index contributed by atoms with van der Waals surface area (Å²) in [7, 11) is 0. The summed E-state index contributed by atoms with van der Waals surface area (Å²) >= 11 is 0. The molecule has 4 aromatic rings. The van der Waals surface area contributed by atoms with E-state index in [9.17, 15) is 4.79 Å². The highest BCUT2D eigenvalue weighted by Gasteiger charge is 2.17. The summed E-state index contributed by atoms with van der Waals surface area (Å²) in [5, 5.41) is 10.5. The SMILES string of the molecule is Cc1nc(C(=O)Nc2[nH]nc3nccc(-c4ccccc4)c23)co1. The number of rotatable bonds is 3. The van der Waals surface area contributed by atoms with Crippen LogP contribution in [0.4, 0.5) is 5.82 Å². The van der Waals surface area contributed by atoms with Crippen LogP contribution in [0.15, 0.2) is 53.3 Å². The van der Waals surface area contributed by atoms with Crippen molar-refractivity contribution < 1.29 is 9.21 Å². The Labute approximate surface area is 136 Å². The molecule has 3 aromatic heterocycles. The zero-order chi connectivity index (χ0) is 16.5. The lowest BCUT2D eigenvalue weighted by Gasteiger charge is -2.05. The van der Waals surface area contributed by atoms with E-state index in [0.717, 1.165) is 16.5 Å². The average Bonchev–Trinajstić information content (AvgIpc) is 3.22. The van der Waals surface area contributed by atoms with Gasteiger partial charge in [-0.1, -0.05) is 30.3 Å². The number of oxazole rings is 1. The molecule has 2 N–H and O–H groups in total. The lowest BCUT2D eigenvalue weighted by molar-refractivity contribution is 0.102. The van der Waals surface area contributed by atoms with E-state index in [0.29, 0.717) is 17.4 Å². The molecule has 7 nitrogen and oxygen atoms in total. The van der Waals surface area contributed by atoms with Crippen molar-refractivity contribution in [3.05, 3.63) is 60.4 Å². The maximum atomic E-state index is 12.3. The van der Waals surface area contributed by atoms with Gasteiger partial charge in [0.2, 0.25) is 0 Å². The molecule has 0 spiro atoms. The summed E-state index contributed by atoms with van der Waals surface area (Å²) in [4.78, 5) is 20.6. The second-order valence-corrected chi connectivity index (χ2v) is 5.23. The predicted octanol–water partition coefficient (Wildman–Crippen LogP) is 3.17. The Kier molecular flexibility index (Phi) is 3.31. The highest BCUT2D eigenvalue weighted by Crippen LogP contribution is 2.31. The van der Waals surface area contributed by atoms with Crippen molar-refractivity contribution in [1.82, 2.24) is 20.2 Å². The van der Waals surface area contributed by atoms with Gasteiger partial charge < -0.3 is 9.73 Å². The van der Waals surface area contributed by atoms with E-state index in [4.69, 9.17) is 4.42 Å². The number of hydrogen-bond donors (Lipinski definition) is 2. The Morgan fingerprint density at radius 1 is 1.21 bits per heavy atom. The van der Waals surface area contributed by atoms with Gasteiger partial charge in [-0.2, -0.15) is 5.10 Å². The van der Waals surface area contributed by atoms with Crippen LogP contribution in [0.3, 0.4) is 0 Å². The number of anilines is 1. The van der Waals surface area contributed by atoms with Gasteiger partial charge in [-0.3, -0.25) is 9.89 Å². The molecule has 0 fully saturated rings. The Morgan fingerprint density at radius 2 is 2.04 bits per heavy atom. The first-order valence-corrected chi connectivity index (χ1v) is 7.34. The lowest BCUT2D eigenvalue weighted by atomic mass is 10.0. The van der Waals surface area contributed by atoms with Crippen LogP contribution in [-0.4, -0.2) is 26.1 Å². The van der Waals surface area contributed by atoms with Gasteiger partial charge in [0, 0.05) is 13.1 Å². The maximum absolute atomic E-state index is 12.3. The topological polar surface area (TPSA) is 96.7 Å². The van der Waals surface area contributed by atoms with Crippen LogP contribution < -0.4 is 5.32 Å². The molecule has 0 saturated heterocycles. The zero-order valence-electron chi connectivity index (χ0n) is 12.8. The predicted molar refractivity (Wildman–Crippen MR) is 88.5 cm³/mol. The van der Waals surface area contributed by atoms with Crippen molar-refractivity contribution in [3.8, 4) is 11.1 Å². The van der Waals surface area contributed by atoms with E-state index >= 15 is 0 Å². The number of carbonyl (C=O) groups excluding carboxylic acids is 1. The molecular formula is C17H13N5O2. The fourth-order valence-electron chi connectivity index (χ4n) is 2.54. The molecule has 0 aliphatic heterocycles. The first-order valence-electron chi connectivity index (χ1n) is 7.34. The summed E-state index contributed by atoms with van der Waals surface area (Å²) in [6.45, 7) is 1.68. The highest BCUT2D eigenvalue weighted by molar-refractivity contribution is 6.09. The molecule has 0 bridgehead atoms. The van der Waals surface area contributed by atoms with E-state index in [2.05, 4.69) is 25.5 Å². The number of nitrogens with zero attached hydrogens (tertiary/aromatic N) is 3. The highest BCUT2D eigenvalue weighted by atomic mass is 16.3. The molecule has 0 saturated carbocycles. The normalized spacial score (nSPS) is 10.9. The fraction of sp³-hybridized carbons (Fsp3) is 0.0588. The monoisotopic (exact) mass is 319 g/mol. The molecule has 1 aromatic carbocycles. The van der Waals surface area contributed by atoms with Crippen molar-refractivity contribution in [3.63, 3.8) is 0 Å². The molecule has 7 heteroatoms. The van der Waals surface area contributed by atoms with Crippen LogP contribution in [0, 0.1) is 6.92 Å². The van der Waals surface area contributed by atoms with Crippen molar-refractivity contribution >= 4 is 22.8 Å². The molecular weight excluding hydrogens is 306 g/mol. The molecule has 0 aliphatic rings. The minimum atomic E-state index is -0.375. The molecule has 1 amide bonds. The van der Waals surface area contributed by atoms with Crippen molar-refractivity contribution in [2.75, 3.05) is 5.32 Å². The average molecular weight is 319 g/mol. The number of hydrogen-bond acceptors (Lipinski definition) is 5. The second-order valence-electron chi connectivity index (χ2n) is 5.23. The number of aromatic amines is 1. The number of aryl methyl sites for hydroxylation is 1. The summed E-state index contributed by atoms with van der Waals surface area (Å²) in [6, 6.07) is 11.7. The Bertz CT molecular complexity index is 1020. The molecule has 0 radical (unpaired) electrons. The third-order valence-electron chi connectivity index (χ3n) is 3.63. The van der Waals surface area contributed by atoms with Crippen LogP contribution in [-0.2, 0) is 0 Å². The van der Waals surface area contributed by atoms with Crippen LogP contribution in [0.25, 0.3) is 22.2 Å². The third kappa shape index (κ3) is 2.41. The Balaban J connectivity index is 1.78. The van der Waals surface area contributed by atoms with Crippen LogP contribution in [0.2, 0.25) is 0 Å². The summed E-state index contributed by atoms with van der Waals surface area (Å²) in [6.07, 6.45) is 3.01. The minimum absolute atomic E-state index is 0.209. The number of carbonyl (C=O) groups is 1. The zero-order valence-corrected chi connectivity index (χ0v) is 12.8. The van der Waals surface area contributed by atoms with Crippen LogP contribution in [0.1, 0.15) is 16.4 Å². The minimum Gasteiger partial charge on any atom is -0.448 e. The Morgan fingerprint density at radius 3 is 2.79 bits per heavy atom. The fourth-order valence-corrected chi connectivity index (χ4v) is 2.54. The third-order valence-corrected chi connectivity index (χ3v) is 3.63. The number of aromatic nitrogens is 4. The number of pyridine rings is 1. The Hall–Kier alpha value is -3.48. The van der Waals surface area contributed by atoms with Crippen molar-refractivity contribution in [2.45, 2.75) is 6.92 Å². The van der Waals surface area contributed by atoms with Gasteiger partial charge in [0.1, 0.15) is 12.1 Å². The number of nitrogens with one attached hydrogen (secondary N) is 2. The molecule has 0 unspecified atom stereocenters. The van der Waals surface area contributed by atoms with Gasteiger partial charge in [-0.05, 0) is 17.2 Å². The maximum Gasteiger partial charge on any atom is 0.278 e. The molecule has 118 valence electrons. The first-order chi connectivity index (χ1) is 11.7. The standard InChI is InChI=1S/C17H13N5O2/c1-10-19-13(9-24-10)17(23)20-16-14-12(11-5-3-2-4-6-11)7-8-18-15(14)21-22-16/h2-9H,1H3,(H2,18,20,21,22,23). The molecule has 3 heterocycles. The molecule has 0 aliphatic carbocycles. The van der Waals surface area contributed by atoms with Crippen LogP contribution >= 0.6 is 0 Å². The van der Waals surface area contributed by atoms with E-state index in [1.807, 2.05) is 36.4 Å². The number of amides is 1. The van der Waals surface area contributed by atoms with Crippen LogP contribution in [0.5, 0.6) is 0 Å². The van der Waals surface area contributed by atoms with E-state index < -0.39 is 0 Å². The van der Waals surface area contributed by atoms with Gasteiger partial charge in [0.25, 0.3) is 5.91 Å². The largest absolute Gasteiger partial charge is 0.448 e. The van der Waals surface area contributed by atoms with Crippen molar-refractivity contribution in [2.24, 2.45) is 0 Å². The van der Waals surface area contributed by atoms with Gasteiger partial charge in [-0.15, -0.1) is 0 Å². The second kappa shape index (κ2) is 5.62. The molecule has 4 rings (SSSR count). The smallest absolute Gasteiger partial charge is 0.278 e. The number of benzene rings is 1. The molecule has 0 atom stereocenters. The van der Waals surface area contributed by atoms with Gasteiger partial charge >= 0.3 is 0 Å². The number of H-pyrrole nitrogens is 1. The van der Waals surface area contributed by atoms with Gasteiger partial charge in [-0.25, -0.2) is 9.97 Å². The number of fused-ring (bicyclic) bond motifs is 1. The summed E-state index contributed by atoms with van der Waals surface area (Å²) < 4.78 is 5.08. The van der Waals surface area contributed by atoms with Crippen molar-refractivity contribution in [1.29, 1.82) is 0 Å². The van der Waals surface area contributed by atoms with E-state index in [1.165, 1.54) is 6.26 Å². The lowest BCUT2D eigenvalue weighted by Crippen LogP contribution is -2.13. The summed E-state index contributed by atoms with van der Waals surface area (Å²) in [5.41, 5.74) is 2.68. The van der Waals surface area contributed by atoms with E-state index in [1.54, 1.807) is 13.1 Å². The first kappa shape index (κ1) is 14.1. The van der Waals surface area contributed by atoms with E-state index in [-0.39, 0.29) is 11.6 Å². The van der Waals surface area contributed by atoms with Gasteiger partial charge in [0.05, 0.1) is 5.39 Å². The summed E-state index contributed by atoms with van der Waals surface area (Å²) in [5.74, 6) is 0.532.